The van der Waals surface area contributed by atoms with Crippen molar-refractivity contribution < 1.29 is 0 Å². The Morgan fingerprint density at radius 2 is 2.26 bits per heavy atom. The predicted molar refractivity (Wildman–Crippen MR) is 88.0 cm³/mol. The van der Waals surface area contributed by atoms with Gasteiger partial charge in [0.15, 0.2) is 0 Å². The number of hydrogen-bond acceptors (Lipinski definition) is 2. The van der Waals surface area contributed by atoms with Crippen LogP contribution in [0.15, 0.2) is 30.6 Å². The molecule has 1 aromatic heterocycles. The average Bonchev–Trinajstić information content (AvgIpc) is 2.82. The Morgan fingerprint density at radius 3 is 2.84 bits per heavy atom. The van der Waals surface area contributed by atoms with Gasteiger partial charge in [-0.15, -0.1) is 0 Å². The van der Waals surface area contributed by atoms with E-state index in [9.17, 15) is 0 Å². The van der Waals surface area contributed by atoms with Crippen molar-refractivity contribution in [1.29, 1.82) is 0 Å². The number of nitrogens with zero attached hydrogens (tertiary/aromatic N) is 2. The fourth-order valence-corrected chi connectivity index (χ4v) is 2.55. The maximum atomic E-state index is 6.36. The van der Waals surface area contributed by atoms with E-state index in [2.05, 4.69) is 52.9 Å². The van der Waals surface area contributed by atoms with Crippen molar-refractivity contribution in [3.8, 4) is 5.69 Å². The molecule has 102 valence electrons. The van der Waals surface area contributed by atoms with E-state index >= 15 is 0 Å². The van der Waals surface area contributed by atoms with Gasteiger partial charge in [-0.1, -0.05) is 24.6 Å². The third-order valence-electron chi connectivity index (χ3n) is 2.97. The Bertz CT molecular complexity index is 553. The van der Waals surface area contributed by atoms with E-state index in [-0.39, 0.29) is 0 Å². The molecule has 1 aromatic carbocycles. The first-order valence-corrected chi connectivity index (χ1v) is 7.81. The average molecular weight is 390 g/mol. The second-order valence-corrected chi connectivity index (χ2v) is 6.14. The lowest BCUT2D eigenvalue weighted by Crippen LogP contribution is -2.19. The number of rotatable bonds is 5. The Kier molecular flexibility index (Phi) is 5.24. The molecule has 0 aliphatic carbocycles. The van der Waals surface area contributed by atoms with Gasteiger partial charge in [-0.25, -0.2) is 4.68 Å². The van der Waals surface area contributed by atoms with Crippen molar-refractivity contribution in [2.24, 2.45) is 0 Å². The molecule has 0 amide bonds. The summed E-state index contributed by atoms with van der Waals surface area (Å²) in [6.07, 6.45) is 4.90. The summed E-state index contributed by atoms with van der Waals surface area (Å²) < 4.78 is 2.90. The van der Waals surface area contributed by atoms with Gasteiger partial charge in [0.2, 0.25) is 0 Å². The van der Waals surface area contributed by atoms with E-state index in [0.29, 0.717) is 6.04 Å². The standard InChI is InChI=1S/C14H17ClIN3/c1-3-6-17-10(2)11-4-5-14(13(15)7-11)19-9-12(16)8-18-19/h4-5,7-10,17H,3,6H2,1-2H3. The van der Waals surface area contributed by atoms with E-state index in [1.807, 2.05) is 24.5 Å². The van der Waals surface area contributed by atoms with Gasteiger partial charge in [-0.3, -0.25) is 0 Å². The van der Waals surface area contributed by atoms with Gasteiger partial charge in [-0.2, -0.15) is 5.10 Å². The number of hydrogen-bond donors (Lipinski definition) is 1. The smallest absolute Gasteiger partial charge is 0.0832 e. The normalized spacial score (nSPS) is 12.6. The van der Waals surface area contributed by atoms with Crippen LogP contribution in [0.4, 0.5) is 0 Å². The molecule has 0 aliphatic heterocycles. The highest BCUT2D eigenvalue weighted by molar-refractivity contribution is 14.1. The summed E-state index contributed by atoms with van der Waals surface area (Å²) in [5, 5.41) is 8.46. The fourth-order valence-electron chi connectivity index (χ4n) is 1.89. The number of benzene rings is 1. The molecule has 0 radical (unpaired) electrons. The second kappa shape index (κ2) is 6.72. The molecule has 3 nitrogen and oxygen atoms in total. The summed E-state index contributed by atoms with van der Waals surface area (Å²) in [5.41, 5.74) is 2.11. The monoisotopic (exact) mass is 389 g/mol. The number of aromatic nitrogens is 2. The number of nitrogens with one attached hydrogen (secondary N) is 1. The van der Waals surface area contributed by atoms with Crippen LogP contribution in [-0.2, 0) is 0 Å². The molecule has 2 rings (SSSR count). The Hall–Kier alpha value is -0.590. The van der Waals surface area contributed by atoms with Crippen LogP contribution < -0.4 is 5.32 Å². The lowest BCUT2D eigenvalue weighted by Gasteiger charge is -2.15. The molecule has 0 aliphatic rings. The fraction of sp³-hybridized carbons (Fsp3) is 0.357. The lowest BCUT2D eigenvalue weighted by molar-refractivity contribution is 0.570. The zero-order chi connectivity index (χ0) is 13.8. The maximum Gasteiger partial charge on any atom is 0.0832 e. The van der Waals surface area contributed by atoms with Crippen LogP contribution in [0.3, 0.4) is 0 Å². The molecule has 0 fully saturated rings. The molecule has 1 unspecified atom stereocenters. The summed E-state index contributed by atoms with van der Waals surface area (Å²) in [7, 11) is 0. The molecule has 2 aromatic rings. The summed E-state index contributed by atoms with van der Waals surface area (Å²) >= 11 is 8.60. The minimum Gasteiger partial charge on any atom is -0.310 e. The van der Waals surface area contributed by atoms with Gasteiger partial charge in [0.25, 0.3) is 0 Å². The molecule has 19 heavy (non-hydrogen) atoms. The molecule has 1 atom stereocenters. The van der Waals surface area contributed by atoms with Gasteiger partial charge < -0.3 is 5.32 Å². The van der Waals surface area contributed by atoms with E-state index in [1.54, 1.807) is 4.68 Å². The summed E-state index contributed by atoms with van der Waals surface area (Å²) in [6.45, 7) is 5.32. The van der Waals surface area contributed by atoms with Crippen LogP contribution in [0.5, 0.6) is 0 Å². The van der Waals surface area contributed by atoms with Crippen LogP contribution in [0.25, 0.3) is 5.69 Å². The Labute approximate surface area is 132 Å². The van der Waals surface area contributed by atoms with Crippen molar-refractivity contribution >= 4 is 34.2 Å². The largest absolute Gasteiger partial charge is 0.310 e. The van der Waals surface area contributed by atoms with Crippen LogP contribution in [0.1, 0.15) is 31.9 Å². The molecule has 0 bridgehead atoms. The molecule has 5 heteroatoms. The number of halogens is 2. The van der Waals surface area contributed by atoms with Gasteiger partial charge in [0.1, 0.15) is 0 Å². The minimum absolute atomic E-state index is 0.309. The first-order chi connectivity index (χ1) is 9.11. The zero-order valence-electron chi connectivity index (χ0n) is 11.0. The Balaban J connectivity index is 2.22. The van der Waals surface area contributed by atoms with Gasteiger partial charge in [0, 0.05) is 12.2 Å². The quantitative estimate of drug-likeness (QED) is 0.777. The van der Waals surface area contributed by atoms with Crippen LogP contribution in [0.2, 0.25) is 5.02 Å². The van der Waals surface area contributed by atoms with E-state index in [1.165, 1.54) is 5.56 Å². The summed E-state index contributed by atoms with van der Waals surface area (Å²) in [6, 6.07) is 6.44. The summed E-state index contributed by atoms with van der Waals surface area (Å²) in [4.78, 5) is 0. The van der Waals surface area contributed by atoms with Gasteiger partial charge in [-0.05, 0) is 60.2 Å². The minimum atomic E-state index is 0.309. The molecule has 1 heterocycles. The SMILES string of the molecule is CCCNC(C)c1ccc(-n2cc(I)cn2)c(Cl)c1. The summed E-state index contributed by atoms with van der Waals surface area (Å²) in [5.74, 6) is 0. The molecule has 0 saturated carbocycles. The first-order valence-electron chi connectivity index (χ1n) is 6.35. The van der Waals surface area contributed by atoms with E-state index in [4.69, 9.17) is 11.6 Å². The molecule has 0 spiro atoms. The molecule has 1 N–H and O–H groups in total. The second-order valence-electron chi connectivity index (χ2n) is 4.49. The van der Waals surface area contributed by atoms with Gasteiger partial charge in [0.05, 0.1) is 20.5 Å². The van der Waals surface area contributed by atoms with Crippen LogP contribution in [-0.4, -0.2) is 16.3 Å². The van der Waals surface area contributed by atoms with Crippen molar-refractivity contribution in [3.63, 3.8) is 0 Å². The van der Waals surface area contributed by atoms with Crippen LogP contribution >= 0.6 is 34.2 Å². The topological polar surface area (TPSA) is 29.9 Å². The van der Waals surface area contributed by atoms with Gasteiger partial charge >= 0.3 is 0 Å². The predicted octanol–water partition coefficient (Wildman–Crippen LogP) is 4.19. The zero-order valence-corrected chi connectivity index (χ0v) is 13.9. The highest BCUT2D eigenvalue weighted by Gasteiger charge is 2.09. The van der Waals surface area contributed by atoms with Crippen molar-refractivity contribution in [2.45, 2.75) is 26.3 Å². The lowest BCUT2D eigenvalue weighted by atomic mass is 10.1. The van der Waals surface area contributed by atoms with E-state index < -0.39 is 0 Å². The molecular weight excluding hydrogens is 373 g/mol. The third kappa shape index (κ3) is 3.70. The van der Waals surface area contributed by atoms with Crippen LogP contribution in [0, 0.1) is 3.57 Å². The Morgan fingerprint density at radius 1 is 1.47 bits per heavy atom. The molecule has 0 saturated heterocycles. The maximum absolute atomic E-state index is 6.36. The van der Waals surface area contributed by atoms with Crippen molar-refractivity contribution in [1.82, 2.24) is 15.1 Å². The van der Waals surface area contributed by atoms with Crippen molar-refractivity contribution in [2.75, 3.05) is 6.54 Å². The highest BCUT2D eigenvalue weighted by Crippen LogP contribution is 2.25. The highest BCUT2D eigenvalue weighted by atomic mass is 127. The molecular formula is C14H17ClIN3. The first kappa shape index (κ1) is 14.8. The van der Waals surface area contributed by atoms with E-state index in [0.717, 1.165) is 27.2 Å². The third-order valence-corrected chi connectivity index (χ3v) is 3.83. The van der Waals surface area contributed by atoms with Crippen molar-refractivity contribution in [3.05, 3.63) is 44.7 Å².